The van der Waals surface area contributed by atoms with Crippen LogP contribution in [0.2, 0.25) is 0 Å². The number of ketones is 1. The number of amides is 3. The predicted octanol–water partition coefficient (Wildman–Crippen LogP) is 3.17. The highest BCUT2D eigenvalue weighted by Gasteiger charge is 2.68. The van der Waals surface area contributed by atoms with Crippen molar-refractivity contribution in [1.82, 2.24) is 16.0 Å². The molecule has 11 nitrogen and oxygen atoms in total. The van der Waals surface area contributed by atoms with Crippen molar-refractivity contribution in [2.75, 3.05) is 25.7 Å². The van der Waals surface area contributed by atoms with Gasteiger partial charge in [-0.15, -0.1) is 0 Å². The fraction of sp³-hybridized carbons (Fsp3) is 0.606. The van der Waals surface area contributed by atoms with Crippen LogP contribution in [-0.2, 0) is 28.7 Å². The predicted molar refractivity (Wildman–Crippen MR) is 172 cm³/mol. The molecule has 4 saturated carbocycles. The molecule has 0 spiro atoms. The number of carbonyl (C=O) groups is 5. The van der Waals surface area contributed by atoms with Crippen molar-refractivity contribution in [2.24, 2.45) is 28.9 Å². The summed E-state index contributed by atoms with van der Waals surface area (Å²) >= 11 is 1.51. The highest BCUT2D eigenvalue weighted by Crippen LogP contribution is 2.64. The Morgan fingerprint density at radius 3 is 2.29 bits per heavy atom. The van der Waals surface area contributed by atoms with E-state index in [1.807, 2.05) is 24.5 Å². The second-order valence-electron chi connectivity index (χ2n) is 13.7. The van der Waals surface area contributed by atoms with Crippen molar-refractivity contribution in [3.05, 3.63) is 41.6 Å². The lowest BCUT2D eigenvalue weighted by atomic mass is 9.41. The van der Waals surface area contributed by atoms with Gasteiger partial charge in [0.1, 0.15) is 11.6 Å². The molecule has 4 atom stereocenters. The zero-order valence-corrected chi connectivity index (χ0v) is 27.6. The highest BCUT2D eigenvalue weighted by molar-refractivity contribution is 7.98. The first-order chi connectivity index (χ1) is 21.2. The van der Waals surface area contributed by atoms with Crippen molar-refractivity contribution in [2.45, 2.75) is 76.5 Å². The summed E-state index contributed by atoms with van der Waals surface area (Å²) in [4.78, 5) is 66.5. The third-order valence-corrected chi connectivity index (χ3v) is 9.63. The maximum absolute atomic E-state index is 14.5. The van der Waals surface area contributed by atoms with Gasteiger partial charge in [0.15, 0.2) is 5.78 Å². The molecule has 12 heteroatoms. The summed E-state index contributed by atoms with van der Waals surface area (Å²) < 4.78 is 10.6. The summed E-state index contributed by atoms with van der Waals surface area (Å²) in [5.74, 6) is -1.85. The average Bonchev–Trinajstić information content (AvgIpc) is 2.95. The van der Waals surface area contributed by atoms with Gasteiger partial charge in [-0.25, -0.2) is 4.79 Å². The average molecular weight is 643 g/mol. The minimum atomic E-state index is -1.06. The van der Waals surface area contributed by atoms with E-state index in [9.17, 15) is 24.0 Å². The van der Waals surface area contributed by atoms with Crippen LogP contribution in [0.1, 0.15) is 64.9 Å². The molecule has 3 unspecified atom stereocenters. The third-order valence-electron chi connectivity index (χ3n) is 8.98. The topological polar surface area (TPSA) is 166 Å². The van der Waals surface area contributed by atoms with Crippen LogP contribution in [0.3, 0.4) is 0 Å². The van der Waals surface area contributed by atoms with Crippen LogP contribution in [0, 0.1) is 23.2 Å². The number of carbonyl (C=O) groups excluding carboxylic acids is 5. The first-order valence-corrected chi connectivity index (χ1v) is 16.8. The fourth-order valence-corrected chi connectivity index (χ4v) is 8.19. The van der Waals surface area contributed by atoms with Crippen LogP contribution in [0.15, 0.2) is 36.0 Å². The van der Waals surface area contributed by atoms with Crippen LogP contribution in [0.5, 0.6) is 0 Å². The lowest BCUT2D eigenvalue weighted by Crippen LogP contribution is -2.71. The number of hydrogen-bond donors (Lipinski definition) is 4. The summed E-state index contributed by atoms with van der Waals surface area (Å²) in [6.07, 6.45) is 6.34. The van der Waals surface area contributed by atoms with E-state index in [0.717, 1.165) is 6.42 Å². The van der Waals surface area contributed by atoms with Crippen molar-refractivity contribution < 1.29 is 33.4 Å². The lowest BCUT2D eigenvalue weighted by molar-refractivity contribution is -0.186. The van der Waals surface area contributed by atoms with Gasteiger partial charge < -0.3 is 31.2 Å². The summed E-state index contributed by atoms with van der Waals surface area (Å²) in [5, 5.41) is 7.86. The number of benzene rings is 1. The van der Waals surface area contributed by atoms with Gasteiger partial charge in [-0.1, -0.05) is 30.3 Å². The fourth-order valence-electron chi connectivity index (χ4n) is 7.72. The van der Waals surface area contributed by atoms with Crippen molar-refractivity contribution in [3.63, 3.8) is 0 Å². The Kier molecular flexibility index (Phi) is 10.7. The number of allylic oxidation sites excluding steroid dienone is 1. The first-order valence-electron chi connectivity index (χ1n) is 15.4. The Morgan fingerprint density at radius 2 is 1.71 bits per heavy atom. The van der Waals surface area contributed by atoms with Gasteiger partial charge in [-0.2, -0.15) is 11.8 Å². The molecular weight excluding hydrogens is 596 g/mol. The molecule has 3 amide bonds. The van der Waals surface area contributed by atoms with Crippen molar-refractivity contribution in [1.29, 1.82) is 0 Å². The molecule has 4 aliphatic carbocycles. The monoisotopic (exact) mass is 642 g/mol. The van der Waals surface area contributed by atoms with Crippen LogP contribution in [0.4, 0.5) is 4.79 Å². The van der Waals surface area contributed by atoms with Gasteiger partial charge in [0.2, 0.25) is 11.8 Å². The minimum absolute atomic E-state index is 0.00293. The van der Waals surface area contributed by atoms with Crippen molar-refractivity contribution >= 4 is 47.5 Å². The number of nitrogens with two attached hydrogens (primary N) is 1. The SMILES string of the molecule is COC(=O)C12CC3CC(CC(N)(C3)C1C(=O)C(=Cc1ccccc1)NC(=O)CNC(=O)[C@@H](CCSC)NC(=O)OC(C)(C)C)C2. The maximum atomic E-state index is 14.5. The van der Waals surface area contributed by atoms with Gasteiger partial charge in [-0.3, -0.25) is 19.2 Å². The van der Waals surface area contributed by atoms with Gasteiger partial charge in [0.05, 0.1) is 30.7 Å². The number of methoxy groups -OCH3 is 1. The smallest absolute Gasteiger partial charge is 0.408 e. The van der Waals surface area contributed by atoms with E-state index in [-0.39, 0.29) is 17.5 Å². The number of nitrogens with one attached hydrogen (secondary N) is 3. The molecule has 45 heavy (non-hydrogen) atoms. The Balaban J connectivity index is 1.54. The largest absolute Gasteiger partial charge is 0.469 e. The standard InChI is InChI=1S/C33H46N4O7S/c1-31(2,3)44-30(42)37-23(11-12-45-5)28(40)35-19-25(38)36-24(14-20-9-7-6-8-10-20)26(39)27-32(29(41)43-4)15-21-13-22(16-32)18-33(27,34)17-21/h6-10,14,21-23,27H,11-13,15-19,34H2,1-5H3,(H,35,40)(H,36,38)(H,37,42)/t21?,22?,23-,27?,32?,33?/m1/s1. The molecule has 4 fully saturated rings. The molecule has 246 valence electrons. The lowest BCUT2D eigenvalue weighted by Gasteiger charge is -2.63. The zero-order valence-electron chi connectivity index (χ0n) is 26.8. The van der Waals surface area contributed by atoms with E-state index in [2.05, 4.69) is 16.0 Å². The van der Waals surface area contributed by atoms with Gasteiger partial charge >= 0.3 is 12.1 Å². The molecule has 4 bridgehead atoms. The minimum Gasteiger partial charge on any atom is -0.469 e. The quantitative estimate of drug-likeness (QED) is 0.198. The molecule has 0 saturated heterocycles. The maximum Gasteiger partial charge on any atom is 0.408 e. The first kappa shape index (κ1) is 34.5. The highest BCUT2D eigenvalue weighted by atomic mass is 32.2. The second kappa shape index (κ2) is 13.9. The summed E-state index contributed by atoms with van der Waals surface area (Å²) in [6.45, 7) is 4.71. The molecule has 0 aliphatic heterocycles. The van der Waals surface area contributed by atoms with Crippen LogP contribution in [-0.4, -0.2) is 72.5 Å². The molecule has 0 aromatic heterocycles. The molecular formula is C33H46N4O7S. The summed E-state index contributed by atoms with van der Waals surface area (Å²) in [6, 6.07) is 8.13. The molecule has 5 N–H and O–H groups in total. The number of Topliss-reactive ketones (excluding diaryl/α,β-unsaturated/α-hetero) is 1. The van der Waals surface area contributed by atoms with Crippen LogP contribution in [0.25, 0.3) is 6.08 Å². The Labute approximate surface area is 269 Å². The van der Waals surface area contributed by atoms with Crippen LogP contribution < -0.4 is 21.7 Å². The van der Waals surface area contributed by atoms with E-state index in [4.69, 9.17) is 15.2 Å². The molecule has 1 aromatic carbocycles. The van der Waals surface area contributed by atoms with E-state index in [1.54, 1.807) is 39.0 Å². The number of thioether (sulfide) groups is 1. The van der Waals surface area contributed by atoms with Crippen LogP contribution >= 0.6 is 11.8 Å². The zero-order chi connectivity index (χ0) is 33.0. The normalized spacial score (nSPS) is 27.7. The summed E-state index contributed by atoms with van der Waals surface area (Å²) in [7, 11) is 1.33. The number of rotatable bonds is 12. The Bertz CT molecular complexity index is 1310. The molecule has 0 heterocycles. The van der Waals surface area contributed by atoms with E-state index in [0.29, 0.717) is 43.4 Å². The van der Waals surface area contributed by atoms with E-state index in [1.165, 1.54) is 18.9 Å². The number of esters is 1. The number of hydrogen-bond acceptors (Lipinski definition) is 9. The third kappa shape index (κ3) is 8.07. The van der Waals surface area contributed by atoms with E-state index < -0.39 is 64.7 Å². The Morgan fingerprint density at radius 1 is 1.07 bits per heavy atom. The Hall–Kier alpha value is -3.38. The molecule has 1 aromatic rings. The number of alkyl carbamates (subject to hydrolysis) is 1. The van der Waals surface area contributed by atoms with Crippen molar-refractivity contribution in [3.8, 4) is 0 Å². The molecule has 0 radical (unpaired) electrons. The second-order valence-corrected chi connectivity index (χ2v) is 14.7. The van der Waals surface area contributed by atoms with E-state index >= 15 is 0 Å². The number of ether oxygens (including phenoxy) is 2. The van der Waals surface area contributed by atoms with Gasteiger partial charge in [0.25, 0.3) is 0 Å². The summed E-state index contributed by atoms with van der Waals surface area (Å²) in [5.41, 5.74) is 4.95. The molecule has 5 rings (SSSR count). The van der Waals surface area contributed by atoms with Gasteiger partial charge in [-0.05, 0) is 94.8 Å². The molecule has 4 aliphatic rings. The van der Waals surface area contributed by atoms with Gasteiger partial charge in [0, 0.05) is 5.54 Å².